The summed E-state index contributed by atoms with van der Waals surface area (Å²) in [5.74, 6) is 6.83. The number of ether oxygens (including phenoxy) is 2. The lowest BCUT2D eigenvalue weighted by molar-refractivity contribution is -0.153. The maximum Gasteiger partial charge on any atom is 0.0763 e. The molecule has 2 rings (SSSR count). The molecule has 1 aliphatic heterocycles. The van der Waals surface area contributed by atoms with Crippen molar-refractivity contribution in [2.45, 2.75) is 63.7 Å². The van der Waals surface area contributed by atoms with Crippen molar-refractivity contribution in [2.24, 2.45) is 17.7 Å². The van der Waals surface area contributed by atoms with Crippen LogP contribution in [-0.2, 0) is 9.47 Å². The molecule has 0 radical (unpaired) electrons. The van der Waals surface area contributed by atoms with Gasteiger partial charge in [0.15, 0.2) is 0 Å². The molecule has 4 heteroatoms. The highest BCUT2D eigenvalue weighted by Crippen LogP contribution is 2.45. The molecule has 3 N–H and O–H groups in total. The largest absolute Gasteiger partial charge is 0.380 e. The Morgan fingerprint density at radius 2 is 2.11 bits per heavy atom. The quantitative estimate of drug-likeness (QED) is 0.582. The Labute approximate surface area is 111 Å². The van der Waals surface area contributed by atoms with Crippen LogP contribution in [0.15, 0.2) is 0 Å². The van der Waals surface area contributed by atoms with E-state index in [1.165, 1.54) is 19.3 Å². The number of hydrogen-bond acceptors (Lipinski definition) is 4. The van der Waals surface area contributed by atoms with Gasteiger partial charge in [-0.2, -0.15) is 0 Å². The van der Waals surface area contributed by atoms with E-state index in [9.17, 15) is 0 Å². The van der Waals surface area contributed by atoms with Gasteiger partial charge in [-0.15, -0.1) is 0 Å². The van der Waals surface area contributed by atoms with Crippen LogP contribution >= 0.6 is 0 Å². The minimum absolute atomic E-state index is 0.174. The van der Waals surface area contributed by atoms with Gasteiger partial charge in [-0.05, 0) is 43.9 Å². The van der Waals surface area contributed by atoms with Gasteiger partial charge in [-0.1, -0.05) is 13.8 Å². The number of nitrogens with two attached hydrogens (primary N) is 1. The Kier molecular flexibility index (Phi) is 4.64. The van der Waals surface area contributed by atoms with Gasteiger partial charge in [0.2, 0.25) is 0 Å². The number of hydrazine groups is 1. The molecule has 2 fully saturated rings. The van der Waals surface area contributed by atoms with E-state index < -0.39 is 0 Å². The molecule has 0 aromatic heterocycles. The molecular formula is C14H28N2O2. The fraction of sp³-hybridized carbons (Fsp3) is 1.00. The molecule has 0 bridgehead atoms. The average molecular weight is 256 g/mol. The molecule has 1 saturated carbocycles. The van der Waals surface area contributed by atoms with Crippen molar-refractivity contribution in [3.05, 3.63) is 0 Å². The van der Waals surface area contributed by atoms with Gasteiger partial charge in [0.25, 0.3) is 0 Å². The molecule has 0 amide bonds. The van der Waals surface area contributed by atoms with Crippen LogP contribution in [0.25, 0.3) is 0 Å². The smallest absolute Gasteiger partial charge is 0.0763 e. The standard InChI is InChI=1S/C14H28N2O2/c1-10(2)13(17-3)12(16-15)11-5-8-18-14(9-11)6-4-7-14/h10-13,16H,4-9,15H2,1-3H3. The zero-order chi connectivity index (χ0) is 13.2. The summed E-state index contributed by atoms with van der Waals surface area (Å²) in [7, 11) is 1.79. The van der Waals surface area contributed by atoms with E-state index in [-0.39, 0.29) is 17.7 Å². The fourth-order valence-corrected chi connectivity index (χ4v) is 3.62. The number of nitrogens with one attached hydrogen (secondary N) is 1. The second kappa shape index (κ2) is 5.87. The van der Waals surface area contributed by atoms with Crippen LogP contribution < -0.4 is 11.3 Å². The van der Waals surface area contributed by atoms with Crippen molar-refractivity contribution in [2.75, 3.05) is 13.7 Å². The highest BCUT2D eigenvalue weighted by Gasteiger charge is 2.45. The van der Waals surface area contributed by atoms with E-state index in [0.717, 1.165) is 19.4 Å². The molecule has 4 nitrogen and oxygen atoms in total. The lowest BCUT2D eigenvalue weighted by Crippen LogP contribution is -2.56. The van der Waals surface area contributed by atoms with Gasteiger partial charge in [0.05, 0.1) is 17.7 Å². The first-order chi connectivity index (χ1) is 8.62. The third-order valence-electron chi connectivity index (χ3n) is 4.78. The highest BCUT2D eigenvalue weighted by atomic mass is 16.5. The first kappa shape index (κ1) is 14.3. The van der Waals surface area contributed by atoms with Crippen LogP contribution in [0.5, 0.6) is 0 Å². The van der Waals surface area contributed by atoms with Crippen LogP contribution in [0, 0.1) is 11.8 Å². The summed E-state index contributed by atoms with van der Waals surface area (Å²) in [5, 5.41) is 0. The summed E-state index contributed by atoms with van der Waals surface area (Å²) < 4.78 is 11.6. The van der Waals surface area contributed by atoms with E-state index in [1.807, 2.05) is 0 Å². The maximum absolute atomic E-state index is 5.99. The lowest BCUT2D eigenvalue weighted by atomic mass is 9.69. The second-order valence-corrected chi connectivity index (χ2v) is 6.27. The third-order valence-corrected chi connectivity index (χ3v) is 4.78. The predicted octanol–water partition coefficient (Wildman–Crippen LogP) is 1.84. The minimum atomic E-state index is 0.174. The Hall–Kier alpha value is -0.160. The molecule has 1 aliphatic carbocycles. The first-order valence-electron chi connectivity index (χ1n) is 7.25. The van der Waals surface area contributed by atoms with Crippen LogP contribution in [0.1, 0.15) is 46.0 Å². The number of hydrogen-bond donors (Lipinski definition) is 2. The molecule has 1 heterocycles. The van der Waals surface area contributed by atoms with E-state index in [0.29, 0.717) is 11.8 Å². The van der Waals surface area contributed by atoms with Gasteiger partial charge >= 0.3 is 0 Å². The lowest BCUT2D eigenvalue weighted by Gasteiger charge is -2.49. The van der Waals surface area contributed by atoms with Crippen LogP contribution in [0.2, 0.25) is 0 Å². The van der Waals surface area contributed by atoms with Crippen LogP contribution in [0.4, 0.5) is 0 Å². The van der Waals surface area contributed by atoms with Crippen molar-refractivity contribution in [1.82, 2.24) is 5.43 Å². The predicted molar refractivity (Wildman–Crippen MR) is 72.0 cm³/mol. The van der Waals surface area contributed by atoms with Crippen molar-refractivity contribution in [3.8, 4) is 0 Å². The fourth-order valence-electron chi connectivity index (χ4n) is 3.62. The van der Waals surface area contributed by atoms with E-state index in [1.54, 1.807) is 7.11 Å². The Morgan fingerprint density at radius 3 is 2.56 bits per heavy atom. The van der Waals surface area contributed by atoms with Crippen molar-refractivity contribution in [1.29, 1.82) is 0 Å². The minimum Gasteiger partial charge on any atom is -0.380 e. The topological polar surface area (TPSA) is 56.5 Å². The van der Waals surface area contributed by atoms with Gasteiger partial charge in [0.1, 0.15) is 0 Å². The summed E-state index contributed by atoms with van der Waals surface area (Å²) in [4.78, 5) is 0. The van der Waals surface area contributed by atoms with Crippen molar-refractivity contribution >= 4 is 0 Å². The molecule has 2 aliphatic rings. The van der Waals surface area contributed by atoms with E-state index in [4.69, 9.17) is 15.3 Å². The van der Waals surface area contributed by atoms with Gasteiger partial charge < -0.3 is 9.47 Å². The van der Waals surface area contributed by atoms with Gasteiger partial charge in [0, 0.05) is 13.7 Å². The van der Waals surface area contributed by atoms with Crippen LogP contribution in [0.3, 0.4) is 0 Å². The third kappa shape index (κ3) is 2.72. The summed E-state index contributed by atoms with van der Waals surface area (Å²) in [5.41, 5.74) is 3.18. The van der Waals surface area contributed by atoms with E-state index >= 15 is 0 Å². The average Bonchev–Trinajstić information content (AvgIpc) is 2.33. The highest BCUT2D eigenvalue weighted by molar-refractivity contribution is 4.98. The summed E-state index contributed by atoms with van der Waals surface area (Å²) in [6, 6.07) is 0.233. The number of rotatable bonds is 5. The monoisotopic (exact) mass is 256 g/mol. The zero-order valence-corrected chi connectivity index (χ0v) is 11.9. The van der Waals surface area contributed by atoms with Gasteiger partial charge in [-0.25, -0.2) is 0 Å². The number of methoxy groups -OCH3 is 1. The molecule has 1 saturated heterocycles. The van der Waals surface area contributed by atoms with Gasteiger partial charge in [-0.3, -0.25) is 11.3 Å². The zero-order valence-electron chi connectivity index (χ0n) is 11.9. The molecule has 0 aromatic carbocycles. The summed E-state index contributed by atoms with van der Waals surface area (Å²) in [6.07, 6.45) is 6.15. The molecule has 0 aromatic rings. The molecular weight excluding hydrogens is 228 g/mol. The second-order valence-electron chi connectivity index (χ2n) is 6.27. The Balaban J connectivity index is 2.02. The molecule has 18 heavy (non-hydrogen) atoms. The summed E-state index contributed by atoms with van der Waals surface area (Å²) in [6.45, 7) is 5.26. The SMILES string of the molecule is COC(C(C)C)C(NN)C1CCOC2(CCC2)C1. The first-order valence-corrected chi connectivity index (χ1v) is 7.25. The van der Waals surface area contributed by atoms with E-state index in [2.05, 4.69) is 19.3 Å². The Bertz CT molecular complexity index is 267. The van der Waals surface area contributed by atoms with Crippen molar-refractivity contribution < 1.29 is 9.47 Å². The molecule has 3 atom stereocenters. The summed E-state index contributed by atoms with van der Waals surface area (Å²) >= 11 is 0. The normalized spacial score (nSPS) is 30.2. The molecule has 3 unspecified atom stereocenters. The van der Waals surface area contributed by atoms with Crippen molar-refractivity contribution in [3.63, 3.8) is 0 Å². The molecule has 106 valence electrons. The molecule has 1 spiro atoms. The van der Waals surface area contributed by atoms with Crippen LogP contribution in [-0.4, -0.2) is 31.5 Å². The maximum atomic E-state index is 5.99. The Morgan fingerprint density at radius 1 is 1.39 bits per heavy atom.